The Balaban J connectivity index is 1.99. The van der Waals surface area contributed by atoms with E-state index in [0.717, 1.165) is 40.7 Å². The van der Waals surface area contributed by atoms with Crippen molar-refractivity contribution in [2.45, 2.75) is 31.7 Å². The predicted octanol–water partition coefficient (Wildman–Crippen LogP) is 4.05. The molecule has 1 aliphatic heterocycles. The molecule has 116 valence electrons. The van der Waals surface area contributed by atoms with Gasteiger partial charge in [-0.05, 0) is 46.8 Å². The summed E-state index contributed by atoms with van der Waals surface area (Å²) in [5, 5.41) is 14.0. The summed E-state index contributed by atoms with van der Waals surface area (Å²) >= 11 is 7.15. The molecule has 0 spiro atoms. The van der Waals surface area contributed by atoms with Gasteiger partial charge in [-0.3, -0.25) is 4.90 Å². The van der Waals surface area contributed by atoms with Crippen molar-refractivity contribution < 1.29 is 5.11 Å². The van der Waals surface area contributed by atoms with Crippen molar-refractivity contribution in [1.82, 2.24) is 10.2 Å². The summed E-state index contributed by atoms with van der Waals surface area (Å²) < 4.78 is 1.82. The fraction of sp³-hybridized carbons (Fsp3) is 0.625. The van der Waals surface area contributed by atoms with E-state index in [1.54, 1.807) is 0 Å². The van der Waals surface area contributed by atoms with Crippen molar-refractivity contribution >= 4 is 31.9 Å². The Kier molecular flexibility index (Phi) is 5.25. The van der Waals surface area contributed by atoms with E-state index in [4.69, 9.17) is 0 Å². The summed E-state index contributed by atoms with van der Waals surface area (Å²) in [5.41, 5.74) is 1.07. The van der Waals surface area contributed by atoms with Crippen molar-refractivity contribution in [3.63, 3.8) is 0 Å². The van der Waals surface area contributed by atoms with Crippen LogP contribution >= 0.6 is 31.9 Å². The lowest BCUT2D eigenvalue weighted by Gasteiger charge is -2.39. The molecule has 3 rings (SSSR count). The van der Waals surface area contributed by atoms with E-state index in [0.29, 0.717) is 17.7 Å². The first kappa shape index (κ1) is 15.8. The minimum absolute atomic E-state index is 0.321. The van der Waals surface area contributed by atoms with Gasteiger partial charge in [-0.1, -0.05) is 28.8 Å². The van der Waals surface area contributed by atoms with E-state index in [1.807, 2.05) is 12.1 Å². The molecule has 2 N–H and O–H groups in total. The third-order valence-corrected chi connectivity index (χ3v) is 6.13. The van der Waals surface area contributed by atoms with Crippen LogP contribution in [0.4, 0.5) is 0 Å². The van der Waals surface area contributed by atoms with Crippen LogP contribution in [0, 0.1) is 5.92 Å². The van der Waals surface area contributed by atoms with Gasteiger partial charge in [0, 0.05) is 42.3 Å². The summed E-state index contributed by atoms with van der Waals surface area (Å²) in [6.07, 6.45) is 5.18. The second kappa shape index (κ2) is 6.99. The molecule has 21 heavy (non-hydrogen) atoms. The van der Waals surface area contributed by atoms with Crippen molar-refractivity contribution in [2.75, 3.05) is 26.2 Å². The van der Waals surface area contributed by atoms with Crippen LogP contribution in [0.5, 0.6) is 5.75 Å². The van der Waals surface area contributed by atoms with Crippen LogP contribution in [-0.4, -0.2) is 36.2 Å². The number of phenols is 1. The fourth-order valence-corrected chi connectivity index (χ4v) is 4.69. The van der Waals surface area contributed by atoms with Gasteiger partial charge in [0.05, 0.1) is 4.47 Å². The van der Waals surface area contributed by atoms with Gasteiger partial charge >= 0.3 is 0 Å². The van der Waals surface area contributed by atoms with Crippen LogP contribution in [0.3, 0.4) is 0 Å². The van der Waals surface area contributed by atoms with E-state index >= 15 is 0 Å². The summed E-state index contributed by atoms with van der Waals surface area (Å²) in [7, 11) is 0. The van der Waals surface area contributed by atoms with Crippen molar-refractivity contribution in [3.05, 3.63) is 26.6 Å². The molecule has 1 aromatic carbocycles. The fourth-order valence-electron chi connectivity index (χ4n) is 3.79. The Hall–Kier alpha value is -0.100. The Morgan fingerprint density at radius 3 is 2.38 bits per heavy atom. The first-order valence-corrected chi connectivity index (χ1v) is 9.38. The van der Waals surface area contributed by atoms with Gasteiger partial charge in [0.15, 0.2) is 0 Å². The Labute approximate surface area is 143 Å². The highest BCUT2D eigenvalue weighted by molar-refractivity contribution is 9.11. The monoisotopic (exact) mass is 416 g/mol. The number of piperazine rings is 1. The first-order chi connectivity index (χ1) is 10.2. The number of rotatable bonds is 3. The van der Waals surface area contributed by atoms with Crippen LogP contribution in [0.1, 0.15) is 37.3 Å². The number of nitrogens with zero attached hydrogens (tertiary/aromatic N) is 1. The molecule has 0 unspecified atom stereocenters. The zero-order chi connectivity index (χ0) is 14.8. The third kappa shape index (κ3) is 3.31. The number of nitrogens with one attached hydrogen (secondary N) is 1. The second-order valence-corrected chi connectivity index (χ2v) is 7.78. The van der Waals surface area contributed by atoms with Crippen molar-refractivity contribution in [3.8, 4) is 5.75 Å². The molecule has 0 bridgehead atoms. The molecule has 0 amide bonds. The molecule has 1 aliphatic carbocycles. The molecule has 2 fully saturated rings. The summed E-state index contributed by atoms with van der Waals surface area (Å²) in [4.78, 5) is 2.55. The van der Waals surface area contributed by atoms with Crippen LogP contribution in [0.2, 0.25) is 0 Å². The zero-order valence-corrected chi connectivity index (χ0v) is 15.3. The van der Waals surface area contributed by atoms with E-state index < -0.39 is 0 Å². The lowest BCUT2D eigenvalue weighted by molar-refractivity contribution is 0.122. The Bertz CT molecular complexity index is 497. The minimum atomic E-state index is 0.321. The van der Waals surface area contributed by atoms with Gasteiger partial charge in [0.1, 0.15) is 5.75 Å². The highest BCUT2D eigenvalue weighted by Gasteiger charge is 2.35. The molecule has 0 aromatic heterocycles. The van der Waals surface area contributed by atoms with E-state index in [1.165, 1.54) is 25.7 Å². The standard InChI is InChI=1S/C16H22Br2N2O/c17-12-5-6-13(18)16(21)14(12)15(11-3-1-2-4-11)20-9-7-19-8-10-20/h5-6,11,15,19,21H,1-4,7-10H2/t15-/m0/s1. The smallest absolute Gasteiger partial charge is 0.135 e. The topological polar surface area (TPSA) is 35.5 Å². The van der Waals surface area contributed by atoms with Crippen molar-refractivity contribution in [2.24, 2.45) is 5.92 Å². The normalized spacial score (nSPS) is 22.6. The number of hydrogen-bond donors (Lipinski definition) is 2. The van der Waals surface area contributed by atoms with Gasteiger partial charge in [-0.25, -0.2) is 0 Å². The van der Waals surface area contributed by atoms with Gasteiger partial charge in [0.2, 0.25) is 0 Å². The SMILES string of the molecule is Oc1c(Br)ccc(Br)c1[C@H](C1CCCC1)N1CCNCC1. The Morgan fingerprint density at radius 2 is 1.71 bits per heavy atom. The zero-order valence-electron chi connectivity index (χ0n) is 12.1. The average molecular weight is 418 g/mol. The molecule has 1 saturated carbocycles. The maximum Gasteiger partial charge on any atom is 0.135 e. The molecule has 2 aliphatic rings. The van der Waals surface area contributed by atoms with Crippen LogP contribution in [-0.2, 0) is 0 Å². The maximum absolute atomic E-state index is 10.6. The average Bonchev–Trinajstić information content (AvgIpc) is 3.02. The van der Waals surface area contributed by atoms with E-state index in [-0.39, 0.29) is 0 Å². The van der Waals surface area contributed by atoms with Crippen LogP contribution in [0.15, 0.2) is 21.1 Å². The maximum atomic E-state index is 10.6. The molecule has 1 aromatic rings. The van der Waals surface area contributed by atoms with Gasteiger partial charge in [-0.2, -0.15) is 0 Å². The molecule has 5 heteroatoms. The largest absolute Gasteiger partial charge is 0.506 e. The predicted molar refractivity (Wildman–Crippen MR) is 92.6 cm³/mol. The molecule has 1 heterocycles. The first-order valence-electron chi connectivity index (χ1n) is 7.80. The van der Waals surface area contributed by atoms with Gasteiger partial charge in [0.25, 0.3) is 0 Å². The minimum Gasteiger partial charge on any atom is -0.506 e. The quantitative estimate of drug-likeness (QED) is 0.778. The molecule has 3 nitrogen and oxygen atoms in total. The van der Waals surface area contributed by atoms with Gasteiger partial charge < -0.3 is 10.4 Å². The number of halogens is 2. The van der Waals surface area contributed by atoms with Crippen molar-refractivity contribution in [1.29, 1.82) is 0 Å². The Morgan fingerprint density at radius 1 is 1.10 bits per heavy atom. The van der Waals surface area contributed by atoms with E-state index in [2.05, 4.69) is 42.1 Å². The number of benzene rings is 1. The molecular formula is C16H22Br2N2O. The van der Waals surface area contributed by atoms with Crippen LogP contribution in [0.25, 0.3) is 0 Å². The summed E-state index contributed by atoms with van der Waals surface area (Å²) in [6, 6.07) is 4.27. The summed E-state index contributed by atoms with van der Waals surface area (Å²) in [6.45, 7) is 4.18. The van der Waals surface area contributed by atoms with Gasteiger partial charge in [-0.15, -0.1) is 0 Å². The molecule has 0 radical (unpaired) electrons. The lowest BCUT2D eigenvalue weighted by atomic mass is 9.89. The highest BCUT2D eigenvalue weighted by atomic mass is 79.9. The second-order valence-electron chi connectivity index (χ2n) is 6.07. The lowest BCUT2D eigenvalue weighted by Crippen LogP contribution is -2.46. The summed E-state index contributed by atoms with van der Waals surface area (Å²) in [5.74, 6) is 1.06. The molecule has 1 saturated heterocycles. The van der Waals surface area contributed by atoms with Crippen LogP contribution < -0.4 is 5.32 Å². The molecular weight excluding hydrogens is 396 g/mol. The number of hydrogen-bond acceptors (Lipinski definition) is 3. The molecule has 1 atom stereocenters. The number of phenolic OH excluding ortho intramolecular Hbond substituents is 1. The number of aromatic hydroxyl groups is 1. The third-order valence-electron chi connectivity index (χ3n) is 4.80. The van der Waals surface area contributed by atoms with E-state index in [9.17, 15) is 5.11 Å². The highest BCUT2D eigenvalue weighted by Crippen LogP contribution is 2.47.